The van der Waals surface area contributed by atoms with E-state index >= 15 is 0 Å². The maximum atomic E-state index is 10.4. The molecule has 100 valence electrons. The molecule has 3 rings (SSSR count). The van der Waals surface area contributed by atoms with E-state index in [0.29, 0.717) is 16.3 Å². The minimum Gasteiger partial charge on any atom is -0.382 e. The van der Waals surface area contributed by atoms with Gasteiger partial charge in [0.2, 0.25) is 0 Å². The third kappa shape index (κ3) is 2.38. The molecular formula is C16H13ClN2O. The van der Waals surface area contributed by atoms with Crippen LogP contribution in [0.1, 0.15) is 22.9 Å². The first kappa shape index (κ1) is 13.0. The third-order valence-corrected chi connectivity index (χ3v) is 3.67. The van der Waals surface area contributed by atoms with Gasteiger partial charge >= 0.3 is 0 Å². The van der Waals surface area contributed by atoms with Crippen LogP contribution in [0.15, 0.2) is 48.7 Å². The number of aliphatic hydroxyl groups is 1. The molecule has 3 nitrogen and oxygen atoms in total. The standard InChI is InChI=1S/C16H13ClN2O/c1-10-6-7-11(8-12(10)17)16(20)15-9-18-13-4-2-3-5-14(13)19-15/h2-9,16,20H,1H3. The van der Waals surface area contributed by atoms with Gasteiger partial charge in [-0.2, -0.15) is 0 Å². The van der Waals surface area contributed by atoms with Crippen LogP contribution in [0.25, 0.3) is 11.0 Å². The number of aryl methyl sites for hydroxylation is 1. The second-order valence-corrected chi connectivity index (χ2v) is 5.10. The molecule has 0 aliphatic rings. The van der Waals surface area contributed by atoms with Crippen molar-refractivity contribution in [3.05, 3.63) is 70.5 Å². The van der Waals surface area contributed by atoms with E-state index in [0.717, 1.165) is 16.6 Å². The Morgan fingerprint density at radius 1 is 1.10 bits per heavy atom. The summed E-state index contributed by atoms with van der Waals surface area (Å²) in [6.07, 6.45) is 0.769. The van der Waals surface area contributed by atoms with Crippen molar-refractivity contribution in [1.82, 2.24) is 9.97 Å². The Balaban J connectivity index is 2.02. The van der Waals surface area contributed by atoms with Crippen LogP contribution in [-0.4, -0.2) is 15.1 Å². The molecule has 0 aliphatic heterocycles. The third-order valence-electron chi connectivity index (χ3n) is 3.26. The van der Waals surface area contributed by atoms with Gasteiger partial charge in [-0.1, -0.05) is 35.9 Å². The number of halogens is 1. The number of rotatable bonds is 2. The lowest BCUT2D eigenvalue weighted by Crippen LogP contribution is -2.03. The average molecular weight is 285 g/mol. The topological polar surface area (TPSA) is 46.0 Å². The zero-order chi connectivity index (χ0) is 14.1. The molecule has 0 saturated heterocycles. The van der Waals surface area contributed by atoms with E-state index in [2.05, 4.69) is 9.97 Å². The van der Waals surface area contributed by atoms with Crippen LogP contribution in [0, 0.1) is 6.92 Å². The number of para-hydroxylation sites is 2. The molecule has 1 aromatic heterocycles. The Labute approximate surface area is 121 Å². The van der Waals surface area contributed by atoms with Gasteiger partial charge in [0, 0.05) is 5.02 Å². The number of nitrogens with zero attached hydrogens (tertiary/aromatic N) is 2. The summed E-state index contributed by atoms with van der Waals surface area (Å²) in [5, 5.41) is 11.0. The molecule has 2 aromatic carbocycles. The first-order valence-electron chi connectivity index (χ1n) is 6.31. The maximum absolute atomic E-state index is 10.4. The molecule has 0 fully saturated rings. The van der Waals surface area contributed by atoms with Crippen molar-refractivity contribution in [2.45, 2.75) is 13.0 Å². The average Bonchev–Trinajstić information content (AvgIpc) is 2.49. The lowest BCUT2D eigenvalue weighted by Gasteiger charge is -2.12. The summed E-state index contributed by atoms with van der Waals surface area (Å²) in [7, 11) is 0. The zero-order valence-corrected chi connectivity index (χ0v) is 11.7. The largest absolute Gasteiger partial charge is 0.382 e. The van der Waals surface area contributed by atoms with Crippen molar-refractivity contribution in [3.63, 3.8) is 0 Å². The van der Waals surface area contributed by atoms with E-state index in [4.69, 9.17) is 11.6 Å². The fraction of sp³-hybridized carbons (Fsp3) is 0.125. The fourth-order valence-corrected chi connectivity index (χ4v) is 2.24. The van der Waals surface area contributed by atoms with E-state index in [1.807, 2.05) is 43.3 Å². The monoisotopic (exact) mass is 284 g/mol. The summed E-state index contributed by atoms with van der Waals surface area (Å²) in [5.41, 5.74) is 3.79. The van der Waals surface area contributed by atoms with Gasteiger partial charge in [-0.25, -0.2) is 4.98 Å². The summed E-state index contributed by atoms with van der Waals surface area (Å²) < 4.78 is 0. The summed E-state index contributed by atoms with van der Waals surface area (Å²) in [6, 6.07) is 13.1. The summed E-state index contributed by atoms with van der Waals surface area (Å²) in [4.78, 5) is 8.76. The number of aromatic nitrogens is 2. The molecular weight excluding hydrogens is 272 g/mol. The quantitative estimate of drug-likeness (QED) is 0.781. The van der Waals surface area contributed by atoms with Crippen molar-refractivity contribution in [3.8, 4) is 0 Å². The molecule has 1 unspecified atom stereocenters. The van der Waals surface area contributed by atoms with Gasteiger partial charge in [0.05, 0.1) is 22.9 Å². The molecule has 0 radical (unpaired) electrons. The second-order valence-electron chi connectivity index (χ2n) is 4.69. The van der Waals surface area contributed by atoms with Gasteiger partial charge in [-0.15, -0.1) is 0 Å². The molecule has 3 aromatic rings. The first-order chi connectivity index (χ1) is 9.65. The van der Waals surface area contributed by atoms with Crippen LogP contribution in [0.4, 0.5) is 0 Å². The summed E-state index contributed by atoms with van der Waals surface area (Å²) >= 11 is 6.09. The molecule has 20 heavy (non-hydrogen) atoms. The predicted molar refractivity (Wildman–Crippen MR) is 79.8 cm³/mol. The SMILES string of the molecule is Cc1ccc(C(O)c2cnc3ccccc3n2)cc1Cl. The van der Waals surface area contributed by atoms with Crippen molar-refractivity contribution in [1.29, 1.82) is 0 Å². The highest BCUT2D eigenvalue weighted by Gasteiger charge is 2.14. The number of hydrogen-bond donors (Lipinski definition) is 1. The predicted octanol–water partition coefficient (Wildman–Crippen LogP) is 3.67. The fourth-order valence-electron chi connectivity index (χ4n) is 2.05. The number of benzene rings is 2. The molecule has 0 spiro atoms. The number of fused-ring (bicyclic) bond motifs is 1. The lowest BCUT2D eigenvalue weighted by molar-refractivity contribution is 0.215. The minimum atomic E-state index is -0.829. The van der Waals surface area contributed by atoms with Gasteiger partial charge in [0.1, 0.15) is 6.10 Å². The van der Waals surface area contributed by atoms with Crippen molar-refractivity contribution in [2.24, 2.45) is 0 Å². The molecule has 0 saturated carbocycles. The summed E-state index contributed by atoms with van der Waals surface area (Å²) in [6.45, 7) is 1.92. The first-order valence-corrected chi connectivity index (χ1v) is 6.69. The van der Waals surface area contributed by atoms with Crippen molar-refractivity contribution >= 4 is 22.6 Å². The van der Waals surface area contributed by atoms with E-state index in [9.17, 15) is 5.11 Å². The normalized spacial score (nSPS) is 12.6. The van der Waals surface area contributed by atoms with Crippen molar-refractivity contribution in [2.75, 3.05) is 0 Å². The highest BCUT2D eigenvalue weighted by atomic mass is 35.5. The van der Waals surface area contributed by atoms with Gasteiger partial charge in [0.15, 0.2) is 0 Å². The zero-order valence-electron chi connectivity index (χ0n) is 10.9. The number of hydrogen-bond acceptors (Lipinski definition) is 3. The molecule has 4 heteroatoms. The van der Waals surface area contributed by atoms with E-state index in [1.54, 1.807) is 12.3 Å². The Kier molecular flexibility index (Phi) is 3.38. The Bertz CT molecular complexity index is 773. The number of aliphatic hydroxyl groups excluding tert-OH is 1. The molecule has 0 aliphatic carbocycles. The van der Waals surface area contributed by atoms with Crippen LogP contribution in [-0.2, 0) is 0 Å². The lowest BCUT2D eigenvalue weighted by atomic mass is 10.1. The Morgan fingerprint density at radius 3 is 2.60 bits per heavy atom. The van der Waals surface area contributed by atoms with E-state index in [1.165, 1.54) is 0 Å². The molecule has 0 amide bonds. The van der Waals surface area contributed by atoms with E-state index < -0.39 is 6.10 Å². The van der Waals surface area contributed by atoms with Gasteiger partial charge in [0.25, 0.3) is 0 Å². The second kappa shape index (κ2) is 5.19. The van der Waals surface area contributed by atoms with Crippen molar-refractivity contribution < 1.29 is 5.11 Å². The van der Waals surface area contributed by atoms with Gasteiger partial charge < -0.3 is 5.11 Å². The Morgan fingerprint density at radius 2 is 1.85 bits per heavy atom. The summed E-state index contributed by atoms with van der Waals surface area (Å²) in [5.74, 6) is 0. The maximum Gasteiger partial charge on any atom is 0.123 e. The van der Waals surface area contributed by atoms with Crippen LogP contribution < -0.4 is 0 Å². The van der Waals surface area contributed by atoms with Gasteiger partial charge in [-0.05, 0) is 36.2 Å². The molecule has 1 heterocycles. The highest BCUT2D eigenvalue weighted by molar-refractivity contribution is 6.31. The molecule has 0 bridgehead atoms. The van der Waals surface area contributed by atoms with E-state index in [-0.39, 0.29) is 0 Å². The molecule has 1 atom stereocenters. The molecule has 1 N–H and O–H groups in total. The van der Waals surface area contributed by atoms with Crippen LogP contribution in [0.5, 0.6) is 0 Å². The van der Waals surface area contributed by atoms with Gasteiger partial charge in [-0.3, -0.25) is 4.98 Å². The van der Waals surface area contributed by atoms with Crippen LogP contribution >= 0.6 is 11.6 Å². The highest BCUT2D eigenvalue weighted by Crippen LogP contribution is 2.25. The minimum absolute atomic E-state index is 0.517. The Hall–Kier alpha value is -1.97. The smallest absolute Gasteiger partial charge is 0.123 e. The van der Waals surface area contributed by atoms with Crippen LogP contribution in [0.3, 0.4) is 0 Å². The van der Waals surface area contributed by atoms with Crippen LogP contribution in [0.2, 0.25) is 5.02 Å².